The first-order valence-electron chi connectivity index (χ1n) is 4.88. The molecule has 0 fully saturated rings. The maximum absolute atomic E-state index is 10.4. The maximum Gasteiger partial charge on any atom is 0.125 e. The first-order valence-corrected chi connectivity index (χ1v) is 7.34. The van der Waals surface area contributed by atoms with Crippen LogP contribution >= 0.6 is 43.2 Å². The number of aliphatic hydroxyl groups is 1. The second kappa shape index (κ2) is 5.52. The minimum atomic E-state index is -0.683. The van der Waals surface area contributed by atoms with Crippen LogP contribution in [0.1, 0.15) is 16.5 Å². The Kier molecular flexibility index (Phi) is 4.25. The van der Waals surface area contributed by atoms with Crippen LogP contribution in [-0.4, -0.2) is 12.2 Å². The molecule has 0 spiro atoms. The van der Waals surface area contributed by atoms with Crippen LogP contribution in [0.3, 0.4) is 0 Å². The smallest absolute Gasteiger partial charge is 0.125 e. The molecule has 0 bridgehead atoms. The standard InChI is InChI=1S/C12H10Br2O2S/c1-16-10-3-2-7(13)6-8(10)11(15)12-9(14)4-5-17-12/h2-6,11,15H,1H3. The largest absolute Gasteiger partial charge is 0.496 e. The Morgan fingerprint density at radius 2 is 2.06 bits per heavy atom. The molecule has 1 aromatic heterocycles. The lowest BCUT2D eigenvalue weighted by Gasteiger charge is -2.14. The third-order valence-corrected chi connectivity index (χ3v) is 4.80. The topological polar surface area (TPSA) is 29.5 Å². The first kappa shape index (κ1) is 13.1. The highest BCUT2D eigenvalue weighted by Crippen LogP contribution is 2.37. The Hall–Kier alpha value is -0.360. The summed E-state index contributed by atoms with van der Waals surface area (Å²) in [6.07, 6.45) is -0.683. The van der Waals surface area contributed by atoms with Crippen LogP contribution in [0.4, 0.5) is 0 Å². The molecule has 0 saturated carbocycles. The summed E-state index contributed by atoms with van der Waals surface area (Å²) in [4.78, 5) is 0.876. The summed E-state index contributed by atoms with van der Waals surface area (Å²) < 4.78 is 7.10. The van der Waals surface area contributed by atoms with Gasteiger partial charge >= 0.3 is 0 Å². The summed E-state index contributed by atoms with van der Waals surface area (Å²) >= 11 is 8.34. The van der Waals surface area contributed by atoms with Gasteiger partial charge in [0.25, 0.3) is 0 Å². The number of methoxy groups -OCH3 is 1. The molecule has 2 nitrogen and oxygen atoms in total. The predicted octanol–water partition coefficient (Wildman–Crippen LogP) is 4.36. The van der Waals surface area contributed by atoms with E-state index < -0.39 is 6.10 Å². The number of halogens is 2. The van der Waals surface area contributed by atoms with Crippen molar-refractivity contribution in [3.63, 3.8) is 0 Å². The lowest BCUT2D eigenvalue weighted by Crippen LogP contribution is -2.01. The van der Waals surface area contributed by atoms with Crippen LogP contribution in [0.15, 0.2) is 38.6 Å². The molecule has 90 valence electrons. The van der Waals surface area contributed by atoms with Crippen LogP contribution < -0.4 is 4.74 Å². The minimum absolute atomic E-state index is 0.681. The van der Waals surface area contributed by atoms with Gasteiger partial charge in [-0.3, -0.25) is 0 Å². The zero-order valence-electron chi connectivity index (χ0n) is 8.98. The Morgan fingerprint density at radius 3 is 2.65 bits per heavy atom. The fourth-order valence-corrected chi connectivity index (χ4v) is 3.53. The lowest BCUT2D eigenvalue weighted by molar-refractivity contribution is 0.217. The molecule has 1 N–H and O–H groups in total. The number of rotatable bonds is 3. The zero-order valence-corrected chi connectivity index (χ0v) is 13.0. The van der Waals surface area contributed by atoms with Gasteiger partial charge in [-0.2, -0.15) is 0 Å². The van der Waals surface area contributed by atoms with Gasteiger partial charge in [0.1, 0.15) is 11.9 Å². The highest BCUT2D eigenvalue weighted by Gasteiger charge is 2.19. The number of hydrogen-bond donors (Lipinski definition) is 1. The van der Waals surface area contributed by atoms with Crippen LogP contribution in [0.25, 0.3) is 0 Å². The average Bonchev–Trinajstić information content (AvgIpc) is 2.74. The molecule has 0 radical (unpaired) electrons. The van der Waals surface area contributed by atoms with Crippen molar-refractivity contribution in [2.24, 2.45) is 0 Å². The van der Waals surface area contributed by atoms with Crippen molar-refractivity contribution < 1.29 is 9.84 Å². The Morgan fingerprint density at radius 1 is 1.29 bits per heavy atom. The van der Waals surface area contributed by atoms with Crippen molar-refractivity contribution in [1.82, 2.24) is 0 Å². The molecule has 0 aliphatic rings. The van der Waals surface area contributed by atoms with E-state index in [1.54, 1.807) is 7.11 Å². The Labute approximate surface area is 121 Å². The van der Waals surface area contributed by atoms with E-state index in [-0.39, 0.29) is 0 Å². The first-order chi connectivity index (χ1) is 8.13. The Bertz CT molecular complexity index is 525. The van der Waals surface area contributed by atoms with Gasteiger partial charge in [0.05, 0.1) is 12.0 Å². The van der Waals surface area contributed by atoms with Gasteiger partial charge in [-0.25, -0.2) is 0 Å². The van der Waals surface area contributed by atoms with Crippen molar-refractivity contribution in [3.8, 4) is 5.75 Å². The van der Waals surface area contributed by atoms with Crippen LogP contribution in [0.2, 0.25) is 0 Å². The van der Waals surface area contributed by atoms with E-state index >= 15 is 0 Å². The Balaban J connectivity index is 2.46. The number of hydrogen-bond acceptors (Lipinski definition) is 3. The van der Waals surface area contributed by atoms with Gasteiger partial charge in [0, 0.05) is 14.5 Å². The van der Waals surface area contributed by atoms with E-state index in [1.165, 1.54) is 11.3 Å². The summed E-state index contributed by atoms with van der Waals surface area (Å²) in [5.74, 6) is 0.681. The summed E-state index contributed by atoms with van der Waals surface area (Å²) in [6.45, 7) is 0. The molecular formula is C12H10Br2O2S. The van der Waals surface area contributed by atoms with Gasteiger partial charge in [-0.1, -0.05) is 15.9 Å². The summed E-state index contributed by atoms with van der Waals surface area (Å²) in [6, 6.07) is 7.52. The number of benzene rings is 1. The van der Waals surface area contributed by atoms with Crippen molar-refractivity contribution in [3.05, 3.63) is 49.0 Å². The summed E-state index contributed by atoms with van der Waals surface area (Å²) in [5.41, 5.74) is 0.755. The molecule has 2 aromatic rings. The van der Waals surface area contributed by atoms with E-state index in [0.717, 1.165) is 19.4 Å². The molecule has 5 heteroatoms. The predicted molar refractivity (Wildman–Crippen MR) is 76.8 cm³/mol. The van der Waals surface area contributed by atoms with Crippen LogP contribution in [0, 0.1) is 0 Å². The highest BCUT2D eigenvalue weighted by molar-refractivity contribution is 9.10. The van der Waals surface area contributed by atoms with Crippen LogP contribution in [-0.2, 0) is 0 Å². The third kappa shape index (κ3) is 2.73. The molecule has 1 aromatic carbocycles. The number of aliphatic hydroxyl groups excluding tert-OH is 1. The van der Waals surface area contributed by atoms with Crippen molar-refractivity contribution in [1.29, 1.82) is 0 Å². The maximum atomic E-state index is 10.4. The molecule has 1 heterocycles. The molecule has 0 saturated heterocycles. The molecule has 1 atom stereocenters. The average molecular weight is 378 g/mol. The van der Waals surface area contributed by atoms with Gasteiger partial charge < -0.3 is 9.84 Å². The van der Waals surface area contributed by atoms with E-state index in [2.05, 4.69) is 31.9 Å². The van der Waals surface area contributed by atoms with E-state index in [0.29, 0.717) is 5.75 Å². The number of thiophene rings is 1. The van der Waals surface area contributed by atoms with E-state index in [1.807, 2.05) is 29.6 Å². The van der Waals surface area contributed by atoms with E-state index in [9.17, 15) is 5.11 Å². The summed E-state index contributed by atoms with van der Waals surface area (Å²) in [7, 11) is 1.60. The second-order valence-corrected chi connectivity index (χ2v) is 6.14. The van der Waals surface area contributed by atoms with Gasteiger partial charge in [0.15, 0.2) is 0 Å². The minimum Gasteiger partial charge on any atom is -0.496 e. The summed E-state index contributed by atoms with van der Waals surface area (Å²) in [5, 5.41) is 12.3. The number of ether oxygens (including phenoxy) is 1. The molecule has 0 aliphatic carbocycles. The van der Waals surface area contributed by atoms with Crippen LogP contribution in [0.5, 0.6) is 5.75 Å². The second-order valence-electron chi connectivity index (χ2n) is 3.42. The molecule has 2 rings (SSSR count). The van der Waals surface area contributed by atoms with Crippen molar-refractivity contribution in [2.45, 2.75) is 6.10 Å². The molecular weight excluding hydrogens is 368 g/mol. The fourth-order valence-electron chi connectivity index (χ4n) is 1.56. The van der Waals surface area contributed by atoms with Gasteiger partial charge in [-0.05, 0) is 45.6 Å². The fraction of sp³-hybridized carbons (Fsp3) is 0.167. The third-order valence-electron chi connectivity index (χ3n) is 2.38. The monoisotopic (exact) mass is 376 g/mol. The molecule has 0 aliphatic heterocycles. The highest BCUT2D eigenvalue weighted by atomic mass is 79.9. The van der Waals surface area contributed by atoms with Gasteiger partial charge in [0.2, 0.25) is 0 Å². The van der Waals surface area contributed by atoms with Gasteiger partial charge in [-0.15, -0.1) is 11.3 Å². The van der Waals surface area contributed by atoms with Crippen molar-refractivity contribution >= 4 is 43.2 Å². The lowest BCUT2D eigenvalue weighted by atomic mass is 10.1. The van der Waals surface area contributed by atoms with E-state index in [4.69, 9.17) is 4.74 Å². The molecule has 1 unspecified atom stereocenters. The molecule has 17 heavy (non-hydrogen) atoms. The molecule has 0 amide bonds. The SMILES string of the molecule is COc1ccc(Br)cc1C(O)c1sccc1Br. The van der Waals surface area contributed by atoms with Crippen molar-refractivity contribution in [2.75, 3.05) is 7.11 Å². The zero-order chi connectivity index (χ0) is 12.4. The normalized spacial score (nSPS) is 12.5. The quantitative estimate of drug-likeness (QED) is 0.860.